The molecule has 0 fully saturated rings. The summed E-state index contributed by atoms with van der Waals surface area (Å²) < 4.78 is 0. The summed E-state index contributed by atoms with van der Waals surface area (Å²) in [5.41, 5.74) is 5.25. The van der Waals surface area contributed by atoms with E-state index in [9.17, 15) is 19.6 Å². The second-order valence-corrected chi connectivity index (χ2v) is 14.6. The van der Waals surface area contributed by atoms with Crippen LogP contribution in [-0.2, 0) is 22.4 Å². The Morgan fingerprint density at radius 1 is 0.920 bits per heavy atom. The smallest absolute Gasteiger partial charge is 0.272 e. The number of thiophene rings is 1. The quantitative estimate of drug-likeness (QED) is 0.0998. The first-order valence-corrected chi connectivity index (χ1v) is 18.1. The van der Waals surface area contributed by atoms with Crippen LogP contribution in [-0.4, -0.2) is 17.7 Å². The van der Waals surface area contributed by atoms with Crippen molar-refractivity contribution in [2.75, 3.05) is 10.6 Å². The van der Waals surface area contributed by atoms with Crippen LogP contribution < -0.4 is 16.0 Å². The Hall–Kier alpha value is -5.43. The van der Waals surface area contributed by atoms with Gasteiger partial charge in [0.05, 0.1) is 5.56 Å². The Kier molecular flexibility index (Phi) is 10.9. The summed E-state index contributed by atoms with van der Waals surface area (Å²) >= 11 is 2.86. The molecule has 50 heavy (non-hydrogen) atoms. The van der Waals surface area contributed by atoms with Crippen molar-refractivity contribution in [3.63, 3.8) is 0 Å². The van der Waals surface area contributed by atoms with Crippen LogP contribution in [0.1, 0.15) is 61.6 Å². The Labute approximate surface area is 300 Å². The SMILES string of the molecule is Cc1cccc(/C=C(/NC(=O)c2ccccc2)C(=O)Nc2cccc(SC(C(=O)Nc3sc4c(c3C#N)CCC(C)C4)c3ccccc3)c2)c1. The molecular weight excluding hydrogens is 661 g/mol. The van der Waals surface area contributed by atoms with Gasteiger partial charge in [-0.3, -0.25) is 14.4 Å². The Bertz CT molecular complexity index is 2100. The average molecular weight is 697 g/mol. The van der Waals surface area contributed by atoms with Crippen LogP contribution in [0, 0.1) is 24.2 Å². The lowest BCUT2D eigenvalue weighted by molar-refractivity contribution is -0.116. The van der Waals surface area contributed by atoms with E-state index >= 15 is 0 Å². The standard InChI is InChI=1S/C41H36N4O3S2/c1-26-11-9-12-28(21-26)23-35(44-38(46)30-15-7-4-8-16-30)39(47)43-31-17-10-18-32(24-31)49-37(29-13-5-3-6-14-29)40(48)45-41-34(25-42)33-20-19-27(2)22-36(33)50-41/h3-18,21,23-24,27,37H,19-20,22H2,1-2H3,(H,43,47)(H,44,46)(H,45,48)/b35-23+. The molecule has 5 aromatic rings. The molecule has 0 aliphatic heterocycles. The maximum Gasteiger partial charge on any atom is 0.272 e. The number of nitriles is 1. The number of fused-ring (bicyclic) bond motifs is 1. The maximum absolute atomic E-state index is 14.0. The fourth-order valence-electron chi connectivity index (χ4n) is 5.89. The van der Waals surface area contributed by atoms with Gasteiger partial charge in [0.2, 0.25) is 5.91 Å². The van der Waals surface area contributed by atoms with Gasteiger partial charge in [-0.05, 0) is 85.2 Å². The number of nitrogens with one attached hydrogen (secondary N) is 3. The van der Waals surface area contributed by atoms with Crippen molar-refractivity contribution in [1.82, 2.24) is 5.32 Å². The van der Waals surface area contributed by atoms with E-state index in [1.165, 1.54) is 28.0 Å². The third-order valence-electron chi connectivity index (χ3n) is 8.43. The third-order valence-corrected chi connectivity index (χ3v) is 10.8. The van der Waals surface area contributed by atoms with Crippen molar-refractivity contribution in [3.8, 4) is 6.07 Å². The molecule has 1 aliphatic rings. The first-order chi connectivity index (χ1) is 24.3. The van der Waals surface area contributed by atoms with Gasteiger partial charge in [-0.1, -0.05) is 91.3 Å². The van der Waals surface area contributed by atoms with Gasteiger partial charge in [0.15, 0.2) is 0 Å². The molecule has 9 heteroatoms. The molecule has 7 nitrogen and oxygen atoms in total. The predicted molar refractivity (Wildman–Crippen MR) is 202 cm³/mol. The van der Waals surface area contributed by atoms with Gasteiger partial charge < -0.3 is 16.0 Å². The van der Waals surface area contributed by atoms with Gasteiger partial charge >= 0.3 is 0 Å². The minimum Gasteiger partial charge on any atom is -0.321 e. The molecule has 0 bridgehead atoms. The molecular formula is C41H36N4O3S2. The van der Waals surface area contributed by atoms with E-state index in [1.54, 1.807) is 42.5 Å². The summed E-state index contributed by atoms with van der Waals surface area (Å²) in [6.07, 6.45) is 4.44. The first-order valence-electron chi connectivity index (χ1n) is 16.4. The molecule has 250 valence electrons. The van der Waals surface area contributed by atoms with Crippen LogP contribution in [0.3, 0.4) is 0 Å². The fourth-order valence-corrected chi connectivity index (χ4v) is 8.33. The number of anilines is 2. The molecule has 0 radical (unpaired) electrons. The molecule has 1 aliphatic carbocycles. The average Bonchev–Trinajstić information content (AvgIpc) is 3.46. The highest BCUT2D eigenvalue weighted by Gasteiger charge is 2.28. The summed E-state index contributed by atoms with van der Waals surface area (Å²) in [6.45, 7) is 4.18. The summed E-state index contributed by atoms with van der Waals surface area (Å²) in [6, 6.07) is 35.5. The molecule has 6 rings (SSSR count). The molecule has 4 aromatic carbocycles. The summed E-state index contributed by atoms with van der Waals surface area (Å²) in [5, 5.41) is 18.8. The normalized spacial score (nSPS) is 14.5. The zero-order valence-electron chi connectivity index (χ0n) is 27.7. The minimum atomic E-state index is -0.631. The Morgan fingerprint density at radius 3 is 2.40 bits per heavy atom. The maximum atomic E-state index is 14.0. The first kappa shape index (κ1) is 34.4. The van der Waals surface area contributed by atoms with Gasteiger partial charge in [-0.25, -0.2) is 0 Å². The number of aryl methyl sites for hydroxylation is 1. The highest BCUT2D eigenvalue weighted by molar-refractivity contribution is 8.00. The molecule has 3 N–H and O–H groups in total. The number of thioether (sulfide) groups is 1. The molecule has 2 unspecified atom stereocenters. The van der Waals surface area contributed by atoms with E-state index in [2.05, 4.69) is 28.9 Å². The van der Waals surface area contributed by atoms with Crippen molar-refractivity contribution in [1.29, 1.82) is 5.26 Å². The highest BCUT2D eigenvalue weighted by Crippen LogP contribution is 2.42. The zero-order valence-corrected chi connectivity index (χ0v) is 29.4. The van der Waals surface area contributed by atoms with Gasteiger partial charge in [0.25, 0.3) is 11.8 Å². The molecule has 0 saturated heterocycles. The Balaban J connectivity index is 1.24. The van der Waals surface area contributed by atoms with Crippen molar-refractivity contribution < 1.29 is 14.4 Å². The number of nitrogens with zero attached hydrogens (tertiary/aromatic N) is 1. The molecule has 2 atom stereocenters. The molecule has 1 aromatic heterocycles. The van der Waals surface area contributed by atoms with E-state index in [1.807, 2.05) is 79.7 Å². The summed E-state index contributed by atoms with van der Waals surface area (Å²) in [4.78, 5) is 42.7. The van der Waals surface area contributed by atoms with E-state index in [-0.39, 0.29) is 11.6 Å². The van der Waals surface area contributed by atoms with Gasteiger partial charge in [0.1, 0.15) is 22.0 Å². The second-order valence-electron chi connectivity index (χ2n) is 12.3. The molecule has 3 amide bonds. The molecule has 1 heterocycles. The zero-order chi connectivity index (χ0) is 35.0. The summed E-state index contributed by atoms with van der Waals surface area (Å²) in [5.74, 6) is -0.576. The van der Waals surface area contributed by atoms with Crippen LogP contribution in [0.5, 0.6) is 0 Å². The second kappa shape index (κ2) is 15.9. The van der Waals surface area contributed by atoms with Crippen LogP contribution in [0.15, 0.2) is 120 Å². The number of benzene rings is 4. The topological polar surface area (TPSA) is 111 Å². The number of rotatable bonds is 10. The van der Waals surface area contributed by atoms with Crippen molar-refractivity contribution in [2.45, 2.75) is 43.3 Å². The fraction of sp³-hybridized carbons (Fsp3) is 0.171. The third kappa shape index (κ3) is 8.40. The van der Waals surface area contributed by atoms with E-state index in [0.29, 0.717) is 27.7 Å². The van der Waals surface area contributed by atoms with Gasteiger partial charge in [0, 0.05) is 21.0 Å². The number of carbonyl (C=O) groups excluding carboxylic acids is 3. The lowest BCUT2D eigenvalue weighted by Gasteiger charge is -2.18. The van der Waals surface area contributed by atoms with Crippen molar-refractivity contribution in [2.24, 2.45) is 5.92 Å². The van der Waals surface area contributed by atoms with Crippen LogP contribution >= 0.6 is 23.1 Å². The van der Waals surface area contributed by atoms with Gasteiger partial charge in [-0.2, -0.15) is 5.26 Å². The van der Waals surface area contributed by atoms with Crippen molar-refractivity contribution in [3.05, 3.63) is 153 Å². The van der Waals surface area contributed by atoms with E-state index in [4.69, 9.17) is 0 Å². The van der Waals surface area contributed by atoms with Crippen LogP contribution in [0.2, 0.25) is 0 Å². The largest absolute Gasteiger partial charge is 0.321 e. The summed E-state index contributed by atoms with van der Waals surface area (Å²) in [7, 11) is 0. The molecule has 0 saturated carbocycles. The van der Waals surface area contributed by atoms with Gasteiger partial charge in [-0.15, -0.1) is 23.1 Å². The number of hydrogen-bond acceptors (Lipinski definition) is 6. The monoisotopic (exact) mass is 696 g/mol. The number of carbonyl (C=O) groups is 3. The van der Waals surface area contributed by atoms with E-state index < -0.39 is 17.1 Å². The van der Waals surface area contributed by atoms with Crippen LogP contribution in [0.25, 0.3) is 6.08 Å². The lowest BCUT2D eigenvalue weighted by atomic mass is 9.88. The van der Waals surface area contributed by atoms with E-state index in [0.717, 1.165) is 46.4 Å². The molecule has 0 spiro atoms. The highest BCUT2D eigenvalue weighted by atomic mass is 32.2. The Morgan fingerprint density at radius 2 is 1.66 bits per heavy atom. The van der Waals surface area contributed by atoms with Crippen molar-refractivity contribution >= 4 is 57.6 Å². The number of amides is 3. The lowest BCUT2D eigenvalue weighted by Crippen LogP contribution is -2.30. The van der Waals surface area contributed by atoms with Crippen LogP contribution in [0.4, 0.5) is 10.7 Å². The number of hydrogen-bond donors (Lipinski definition) is 3. The minimum absolute atomic E-state index is 0.0883. The predicted octanol–water partition coefficient (Wildman–Crippen LogP) is 8.93.